The van der Waals surface area contributed by atoms with E-state index in [-0.39, 0.29) is 48.6 Å². The highest BCUT2D eigenvalue weighted by Gasteiger charge is 2.39. The summed E-state index contributed by atoms with van der Waals surface area (Å²) < 4.78 is 112. The molecular weight excluding hydrogens is 1070 g/mol. The molecule has 2 aliphatic rings. The van der Waals surface area contributed by atoms with E-state index in [1.54, 1.807) is 78.9 Å². The number of cyclic esters (lactones) is 1. The Balaban J connectivity index is 0.000000206. The second-order valence-electron chi connectivity index (χ2n) is 17.5. The topological polar surface area (TPSA) is 173 Å². The first-order valence-corrected chi connectivity index (χ1v) is 24.4. The molecule has 0 unspecified atom stereocenters. The number of hydrogen-bond acceptors (Lipinski definition) is 12. The zero-order chi connectivity index (χ0) is 53.8. The minimum absolute atomic E-state index is 0.00802. The molecular formula is C55H46BrF6N3O11. The highest BCUT2D eigenvalue weighted by molar-refractivity contribution is 9.10. The molecule has 0 spiro atoms. The first-order valence-electron chi connectivity index (χ1n) is 23.6. The maximum absolute atomic E-state index is 13.5. The number of benzene rings is 5. The van der Waals surface area contributed by atoms with Gasteiger partial charge >= 0.3 is 24.8 Å². The second-order valence-corrected chi connectivity index (χ2v) is 18.3. The van der Waals surface area contributed by atoms with Crippen molar-refractivity contribution in [3.63, 3.8) is 0 Å². The van der Waals surface area contributed by atoms with E-state index in [0.717, 1.165) is 35.1 Å². The summed E-state index contributed by atoms with van der Waals surface area (Å²) in [5.41, 5.74) is 5.73. The highest BCUT2D eigenvalue weighted by atomic mass is 79.9. The number of carbonyl (C=O) groups excluding carboxylic acids is 2. The molecule has 0 radical (unpaired) electrons. The van der Waals surface area contributed by atoms with E-state index in [9.17, 15) is 45.8 Å². The molecule has 0 saturated carbocycles. The zero-order valence-electron chi connectivity index (χ0n) is 40.0. The number of carboxylic acid groups (broad SMARTS) is 1. The van der Waals surface area contributed by atoms with Crippen molar-refractivity contribution >= 4 is 39.5 Å². The molecule has 1 fully saturated rings. The van der Waals surface area contributed by atoms with Crippen LogP contribution in [0.15, 0.2) is 160 Å². The third-order valence-electron chi connectivity index (χ3n) is 12.2. The summed E-state index contributed by atoms with van der Waals surface area (Å²) in [4.78, 5) is 38.4. The van der Waals surface area contributed by atoms with Crippen molar-refractivity contribution in [3.8, 4) is 23.0 Å². The van der Waals surface area contributed by atoms with Crippen LogP contribution in [0.4, 0.5) is 31.1 Å². The van der Waals surface area contributed by atoms with Gasteiger partial charge in [0, 0.05) is 36.0 Å². The maximum Gasteiger partial charge on any atom is 0.573 e. The highest BCUT2D eigenvalue weighted by Crippen LogP contribution is 2.38. The fraction of sp³-hybridized carbons (Fsp3) is 0.255. The number of alkyl halides is 6. The van der Waals surface area contributed by atoms with Crippen LogP contribution in [0.2, 0.25) is 0 Å². The van der Waals surface area contributed by atoms with Crippen molar-refractivity contribution in [2.75, 3.05) is 6.61 Å². The lowest BCUT2D eigenvalue weighted by molar-refractivity contribution is -0.275. The minimum Gasteiger partial charge on any atom is -0.489 e. The average Bonchev–Trinajstić information content (AvgIpc) is 4.25. The van der Waals surface area contributed by atoms with Crippen LogP contribution in [0, 0.1) is 0 Å². The number of allylic oxidation sites excluding steroid dienone is 2. The third kappa shape index (κ3) is 15.0. The number of carbonyl (C=O) groups is 3. The first kappa shape index (κ1) is 54.2. The summed E-state index contributed by atoms with van der Waals surface area (Å²) in [6.45, 7) is 0.142. The van der Waals surface area contributed by atoms with Crippen LogP contribution in [-0.4, -0.2) is 63.7 Å². The molecule has 76 heavy (non-hydrogen) atoms. The molecule has 3 heterocycles. The Bertz CT molecular complexity index is 3080. The second kappa shape index (κ2) is 24.5. The van der Waals surface area contributed by atoms with Crippen molar-refractivity contribution in [2.24, 2.45) is 0 Å². The van der Waals surface area contributed by atoms with Crippen LogP contribution < -0.4 is 18.9 Å². The predicted molar refractivity (Wildman–Crippen MR) is 263 cm³/mol. The molecule has 0 bridgehead atoms. The number of carboxylic acids is 1. The van der Waals surface area contributed by atoms with E-state index in [0.29, 0.717) is 52.4 Å². The van der Waals surface area contributed by atoms with E-state index >= 15 is 0 Å². The normalized spacial score (nSPS) is 15.2. The van der Waals surface area contributed by atoms with Gasteiger partial charge in [-0.15, -0.1) is 26.3 Å². The van der Waals surface area contributed by atoms with Gasteiger partial charge in [0.2, 0.25) is 5.91 Å². The first-order chi connectivity index (χ1) is 36.4. The Morgan fingerprint density at radius 3 is 1.78 bits per heavy atom. The van der Waals surface area contributed by atoms with Crippen LogP contribution in [-0.2, 0) is 34.0 Å². The molecule has 1 aliphatic carbocycles. The summed E-state index contributed by atoms with van der Waals surface area (Å²) >= 11 is 3.05. The fourth-order valence-electron chi connectivity index (χ4n) is 8.65. The van der Waals surface area contributed by atoms with Gasteiger partial charge < -0.3 is 37.8 Å². The van der Waals surface area contributed by atoms with Crippen LogP contribution in [0.1, 0.15) is 88.7 Å². The monoisotopic (exact) mass is 1120 g/mol. The van der Waals surface area contributed by atoms with Crippen LogP contribution >= 0.6 is 15.9 Å². The summed E-state index contributed by atoms with van der Waals surface area (Å²) in [5.74, 6) is -2.04. The SMILES string of the molecule is O=C(C[C@@H](c1ccc(OCc2ccc(Br)c(OC(F)(F)F)c2)cc1)c1ccon1)N1C(=O)OC[C@@H]1Cc1ccccc1.O=C(O)C[C@@H](c1ccc(OCc2ccc(C3=CCCC3)c(OC(F)(F)F)c2)cc1)c1ccon1. The van der Waals surface area contributed by atoms with E-state index < -0.39 is 48.6 Å². The number of ether oxygens (including phenoxy) is 5. The van der Waals surface area contributed by atoms with Crippen LogP contribution in [0.5, 0.6) is 23.0 Å². The number of nitrogens with zero attached hydrogens (tertiary/aromatic N) is 3. The summed E-state index contributed by atoms with van der Waals surface area (Å²) in [5, 5.41) is 17.1. The van der Waals surface area contributed by atoms with Gasteiger partial charge in [-0.2, -0.15) is 0 Å². The molecule has 1 N–H and O–H groups in total. The van der Waals surface area contributed by atoms with Gasteiger partial charge in [0.05, 0.1) is 28.3 Å². The molecule has 2 aromatic heterocycles. The van der Waals surface area contributed by atoms with Crippen molar-refractivity contribution in [1.82, 2.24) is 15.2 Å². The van der Waals surface area contributed by atoms with Crippen molar-refractivity contribution in [1.29, 1.82) is 0 Å². The number of aromatic nitrogens is 2. The molecule has 9 rings (SSSR count). The number of imide groups is 1. The van der Waals surface area contributed by atoms with Crippen LogP contribution in [0.25, 0.3) is 5.57 Å². The molecule has 1 saturated heterocycles. The Hall–Kier alpha value is -8.07. The number of hydrogen-bond donors (Lipinski definition) is 1. The Labute approximate surface area is 438 Å². The minimum atomic E-state index is -4.82. The van der Waals surface area contributed by atoms with Gasteiger partial charge in [0.1, 0.15) is 55.3 Å². The number of rotatable bonds is 19. The largest absolute Gasteiger partial charge is 0.573 e. The molecule has 14 nitrogen and oxygen atoms in total. The number of amides is 2. The van der Waals surface area contributed by atoms with E-state index in [4.69, 9.17) is 23.3 Å². The molecule has 1 aliphatic heterocycles. The van der Waals surface area contributed by atoms with Crippen molar-refractivity contribution < 1.29 is 78.6 Å². The molecule has 21 heteroatoms. The fourth-order valence-corrected chi connectivity index (χ4v) is 8.98. The molecule has 5 aromatic carbocycles. The van der Waals surface area contributed by atoms with E-state index in [2.05, 4.69) is 35.7 Å². The molecule has 396 valence electrons. The lowest BCUT2D eigenvalue weighted by Crippen LogP contribution is -2.40. The third-order valence-corrected chi connectivity index (χ3v) is 12.8. The average molecular weight is 1120 g/mol. The van der Waals surface area contributed by atoms with Crippen molar-refractivity contribution in [2.45, 2.75) is 82.3 Å². The Kier molecular flexibility index (Phi) is 17.5. The van der Waals surface area contributed by atoms with E-state index in [1.165, 1.54) is 35.6 Å². The summed E-state index contributed by atoms with van der Waals surface area (Å²) in [7, 11) is 0. The smallest absolute Gasteiger partial charge is 0.489 e. The van der Waals surface area contributed by atoms with Gasteiger partial charge in [0.25, 0.3) is 0 Å². The summed E-state index contributed by atoms with van der Waals surface area (Å²) in [6.07, 6.45) is -2.85. The lowest BCUT2D eigenvalue weighted by atomic mass is 9.91. The molecule has 2 amide bonds. The lowest BCUT2D eigenvalue weighted by Gasteiger charge is -2.22. The Morgan fingerprint density at radius 1 is 0.697 bits per heavy atom. The molecule has 7 aromatic rings. The Morgan fingerprint density at radius 2 is 1.25 bits per heavy atom. The quantitative estimate of drug-likeness (QED) is 0.0759. The predicted octanol–water partition coefficient (Wildman–Crippen LogP) is 13.4. The number of halogens is 7. The van der Waals surface area contributed by atoms with Crippen LogP contribution in [0.3, 0.4) is 0 Å². The van der Waals surface area contributed by atoms with Crippen molar-refractivity contribution in [3.05, 3.63) is 195 Å². The zero-order valence-corrected chi connectivity index (χ0v) is 41.6. The standard InChI is InChI=1S/C30H24BrF3N2O6.C25H22F3NO5/c31-25-11-6-20(15-27(25)42-30(32,33)34)17-39-23-9-7-21(8-10-23)24(26-12-13-41-35-26)16-28(37)36-22(18-40-29(36)38)14-19-4-2-1-3-5-19;26-25(27,28)34-23-13-16(5-10-20(23)17-3-1-2-4-17)15-32-19-8-6-18(7-9-19)21(14-24(30)31)22-11-12-33-29-22/h1-13,15,22,24H,14,16-18H2;3,5-13,21H,1-2,4,14-15H2,(H,30,31)/t22-,24-;21-/m00/s1. The van der Waals surface area contributed by atoms with Gasteiger partial charge in [-0.1, -0.05) is 89.2 Å². The van der Waals surface area contributed by atoms with E-state index in [1.807, 2.05) is 36.4 Å². The summed E-state index contributed by atoms with van der Waals surface area (Å²) in [6, 6.07) is 35.1. The maximum atomic E-state index is 13.5. The number of aliphatic carboxylic acids is 1. The van der Waals surface area contributed by atoms with Gasteiger partial charge in [-0.05, 0) is 117 Å². The van der Waals surface area contributed by atoms with Gasteiger partial charge in [-0.25, -0.2) is 9.69 Å². The van der Waals surface area contributed by atoms with Gasteiger partial charge in [0.15, 0.2) is 0 Å². The van der Waals surface area contributed by atoms with Gasteiger partial charge in [-0.3, -0.25) is 9.59 Å². The molecule has 3 atom stereocenters.